The van der Waals surface area contributed by atoms with Crippen LogP contribution in [0.1, 0.15) is 17.8 Å². The van der Waals surface area contributed by atoms with Gasteiger partial charge in [0.2, 0.25) is 5.91 Å². The van der Waals surface area contributed by atoms with Crippen molar-refractivity contribution in [2.75, 3.05) is 11.4 Å². The number of aryl methyl sites for hydroxylation is 2. The minimum absolute atomic E-state index is 0.0141. The molecule has 0 N–H and O–H groups in total. The Labute approximate surface area is 109 Å². The molecule has 1 aliphatic heterocycles. The summed E-state index contributed by atoms with van der Waals surface area (Å²) in [6.45, 7) is 4.40. The van der Waals surface area contributed by atoms with Crippen LogP contribution >= 0.6 is 12.6 Å². The van der Waals surface area contributed by atoms with E-state index in [-0.39, 0.29) is 11.2 Å². The third-order valence-electron chi connectivity index (χ3n) is 2.95. The zero-order chi connectivity index (χ0) is 12.9. The molecule has 0 aromatic carbocycles. The maximum Gasteiger partial charge on any atom is 0.254 e. The fraction of sp³-hybridized carbons (Fsp3) is 0.455. The van der Waals surface area contributed by atoms with Crippen LogP contribution in [0.5, 0.6) is 0 Å². The average Bonchev–Trinajstić information content (AvgIpc) is 2.81. The second-order valence-corrected chi connectivity index (χ2v) is 5.26. The van der Waals surface area contributed by atoms with Gasteiger partial charge in [-0.3, -0.25) is 9.69 Å². The summed E-state index contributed by atoms with van der Waals surface area (Å²) in [6, 6.07) is 1.93. The number of carbonyl (C=O) groups excluding carboxylic acids is 1. The van der Waals surface area contributed by atoms with Gasteiger partial charge < -0.3 is 0 Å². The summed E-state index contributed by atoms with van der Waals surface area (Å²) in [4.78, 5) is 22.0. The predicted molar refractivity (Wildman–Crippen MR) is 70.0 cm³/mol. The summed E-state index contributed by atoms with van der Waals surface area (Å²) in [5.41, 5.74) is 1.84. The largest absolute Gasteiger partial charge is 0.278 e. The highest BCUT2D eigenvalue weighted by atomic mass is 32.1. The molecular formula is C11H13N5OS. The molecule has 1 saturated heterocycles. The standard InChI is InChI=1S/C11H13N5OS/c1-6-3-7(2)16-10(12-6)13-11(14-16)15-5-8(18)4-9(15)17/h3,8,18H,4-5H2,1-2H3. The molecule has 0 bridgehead atoms. The van der Waals surface area contributed by atoms with Gasteiger partial charge in [0, 0.05) is 29.6 Å². The number of carbonyl (C=O) groups is 1. The minimum atomic E-state index is 0.0141. The van der Waals surface area contributed by atoms with Crippen molar-refractivity contribution in [2.24, 2.45) is 0 Å². The fourth-order valence-corrected chi connectivity index (χ4v) is 2.47. The third-order valence-corrected chi connectivity index (χ3v) is 3.30. The Hall–Kier alpha value is -1.63. The molecule has 3 heterocycles. The van der Waals surface area contributed by atoms with Crippen molar-refractivity contribution in [3.63, 3.8) is 0 Å². The highest BCUT2D eigenvalue weighted by Crippen LogP contribution is 2.21. The first kappa shape index (κ1) is 11.5. The third kappa shape index (κ3) is 1.74. The summed E-state index contributed by atoms with van der Waals surface area (Å²) in [5, 5.41) is 4.39. The van der Waals surface area contributed by atoms with Crippen LogP contribution in [-0.2, 0) is 4.79 Å². The van der Waals surface area contributed by atoms with Crippen LogP contribution in [-0.4, -0.2) is 37.3 Å². The first-order valence-electron chi connectivity index (χ1n) is 5.74. The molecule has 7 heteroatoms. The van der Waals surface area contributed by atoms with Crippen molar-refractivity contribution >= 4 is 30.3 Å². The van der Waals surface area contributed by atoms with E-state index in [1.54, 1.807) is 9.42 Å². The molecule has 2 aromatic rings. The Morgan fingerprint density at radius 3 is 2.83 bits per heavy atom. The quantitative estimate of drug-likeness (QED) is 0.772. The van der Waals surface area contributed by atoms with Gasteiger partial charge in [0.1, 0.15) is 0 Å². The van der Waals surface area contributed by atoms with Gasteiger partial charge in [-0.1, -0.05) is 0 Å². The molecule has 94 valence electrons. The normalized spacial score (nSPS) is 20.1. The molecule has 1 amide bonds. The molecule has 0 aliphatic carbocycles. The fourth-order valence-electron chi connectivity index (χ4n) is 2.15. The molecule has 1 fully saturated rings. The second kappa shape index (κ2) is 3.94. The number of fused-ring (bicyclic) bond motifs is 1. The number of aromatic nitrogens is 4. The van der Waals surface area contributed by atoms with E-state index in [2.05, 4.69) is 27.7 Å². The molecule has 1 unspecified atom stereocenters. The van der Waals surface area contributed by atoms with E-state index in [1.807, 2.05) is 19.9 Å². The van der Waals surface area contributed by atoms with Gasteiger partial charge in [-0.05, 0) is 19.9 Å². The van der Waals surface area contributed by atoms with Crippen LogP contribution in [0.15, 0.2) is 6.07 Å². The number of nitrogens with zero attached hydrogens (tertiary/aromatic N) is 5. The molecule has 18 heavy (non-hydrogen) atoms. The van der Waals surface area contributed by atoms with Crippen LogP contribution in [0.2, 0.25) is 0 Å². The molecule has 0 spiro atoms. The van der Waals surface area contributed by atoms with E-state index in [9.17, 15) is 4.79 Å². The number of thiol groups is 1. The van der Waals surface area contributed by atoms with E-state index in [4.69, 9.17) is 0 Å². The minimum Gasteiger partial charge on any atom is -0.278 e. The Bertz CT molecular complexity index is 638. The number of hydrogen-bond acceptors (Lipinski definition) is 5. The average molecular weight is 263 g/mol. The number of hydrogen-bond donors (Lipinski definition) is 1. The summed E-state index contributed by atoms with van der Waals surface area (Å²) in [6.07, 6.45) is 0.435. The van der Waals surface area contributed by atoms with E-state index in [0.717, 1.165) is 11.4 Å². The van der Waals surface area contributed by atoms with E-state index < -0.39 is 0 Å². The number of anilines is 1. The van der Waals surface area contributed by atoms with Crippen molar-refractivity contribution in [3.05, 3.63) is 17.5 Å². The summed E-state index contributed by atoms with van der Waals surface area (Å²) < 4.78 is 1.65. The Morgan fingerprint density at radius 2 is 2.17 bits per heavy atom. The van der Waals surface area contributed by atoms with Crippen molar-refractivity contribution in [3.8, 4) is 0 Å². The number of amides is 1. The van der Waals surface area contributed by atoms with E-state index in [1.165, 1.54) is 0 Å². The highest BCUT2D eigenvalue weighted by Gasteiger charge is 2.31. The van der Waals surface area contributed by atoms with Gasteiger partial charge in [0.15, 0.2) is 0 Å². The van der Waals surface area contributed by atoms with Crippen LogP contribution < -0.4 is 4.90 Å². The van der Waals surface area contributed by atoms with Gasteiger partial charge in [-0.25, -0.2) is 4.98 Å². The summed E-state index contributed by atoms with van der Waals surface area (Å²) >= 11 is 4.32. The van der Waals surface area contributed by atoms with Crippen molar-refractivity contribution < 1.29 is 4.79 Å². The van der Waals surface area contributed by atoms with Gasteiger partial charge in [-0.15, -0.1) is 5.10 Å². The molecule has 1 aliphatic rings. The Balaban J connectivity index is 2.09. The van der Waals surface area contributed by atoms with Crippen molar-refractivity contribution in [1.82, 2.24) is 19.6 Å². The van der Waals surface area contributed by atoms with Crippen LogP contribution in [0, 0.1) is 13.8 Å². The Morgan fingerprint density at radius 1 is 1.39 bits per heavy atom. The zero-order valence-electron chi connectivity index (χ0n) is 10.2. The first-order chi connectivity index (χ1) is 8.54. The van der Waals surface area contributed by atoms with Crippen LogP contribution in [0.3, 0.4) is 0 Å². The first-order valence-corrected chi connectivity index (χ1v) is 6.25. The summed E-state index contributed by atoms with van der Waals surface area (Å²) in [7, 11) is 0. The van der Waals surface area contributed by atoms with Crippen molar-refractivity contribution in [2.45, 2.75) is 25.5 Å². The molecule has 3 rings (SSSR count). The predicted octanol–water partition coefficient (Wildman–Crippen LogP) is 0.776. The Kier molecular flexibility index (Phi) is 2.51. The van der Waals surface area contributed by atoms with Crippen LogP contribution in [0.25, 0.3) is 5.78 Å². The lowest BCUT2D eigenvalue weighted by molar-refractivity contribution is -0.117. The summed E-state index contributed by atoms with van der Waals surface area (Å²) in [5.74, 6) is 0.955. The molecule has 6 nitrogen and oxygen atoms in total. The van der Waals surface area contributed by atoms with Crippen LogP contribution in [0.4, 0.5) is 5.95 Å². The SMILES string of the molecule is Cc1cc(C)n2nc(N3CC(S)CC3=O)nc2n1. The molecule has 0 radical (unpaired) electrons. The zero-order valence-corrected chi connectivity index (χ0v) is 11.1. The second-order valence-electron chi connectivity index (χ2n) is 4.52. The monoisotopic (exact) mass is 263 g/mol. The van der Waals surface area contributed by atoms with Gasteiger partial charge in [-0.2, -0.15) is 22.1 Å². The van der Waals surface area contributed by atoms with Gasteiger partial charge in [0.05, 0.1) is 0 Å². The topological polar surface area (TPSA) is 63.4 Å². The lowest BCUT2D eigenvalue weighted by atomic mass is 10.4. The van der Waals surface area contributed by atoms with E-state index in [0.29, 0.717) is 24.7 Å². The number of rotatable bonds is 1. The lowest BCUT2D eigenvalue weighted by Gasteiger charge is -2.09. The van der Waals surface area contributed by atoms with Crippen molar-refractivity contribution in [1.29, 1.82) is 0 Å². The smallest absolute Gasteiger partial charge is 0.254 e. The molecule has 1 atom stereocenters. The highest BCUT2D eigenvalue weighted by molar-refractivity contribution is 7.81. The van der Waals surface area contributed by atoms with Gasteiger partial charge >= 0.3 is 0 Å². The maximum absolute atomic E-state index is 11.8. The molecular weight excluding hydrogens is 250 g/mol. The maximum atomic E-state index is 11.8. The lowest BCUT2D eigenvalue weighted by Crippen LogP contribution is -2.25. The molecule has 0 saturated carbocycles. The van der Waals surface area contributed by atoms with Gasteiger partial charge in [0.25, 0.3) is 11.7 Å². The van der Waals surface area contributed by atoms with E-state index >= 15 is 0 Å². The molecule has 2 aromatic heterocycles.